The summed E-state index contributed by atoms with van der Waals surface area (Å²) in [6.45, 7) is 2.28. The molecule has 2 rings (SSSR count). The van der Waals surface area contributed by atoms with Gasteiger partial charge < -0.3 is 0 Å². The van der Waals surface area contributed by atoms with Crippen molar-refractivity contribution in [3.05, 3.63) is 0 Å². The largest absolute Gasteiger partial charge is 0.238 e. The molecular weight excluding hydrogens is 278 g/mol. The fraction of sp³-hybridized carbons (Fsp3) is 1.00. The van der Waals surface area contributed by atoms with E-state index in [0.29, 0.717) is 5.92 Å². The van der Waals surface area contributed by atoms with E-state index in [1.807, 2.05) is 0 Å². The van der Waals surface area contributed by atoms with Gasteiger partial charge in [0.25, 0.3) is 0 Å². The summed E-state index contributed by atoms with van der Waals surface area (Å²) in [5, 5.41) is 0. The molecule has 22 heavy (non-hydrogen) atoms. The maximum Gasteiger partial charge on any atom is 0.238 e. The van der Waals surface area contributed by atoms with Crippen LogP contribution in [-0.2, 0) is 0 Å². The Morgan fingerprint density at radius 2 is 1.27 bits per heavy atom. The van der Waals surface area contributed by atoms with E-state index in [1.54, 1.807) is 0 Å². The zero-order valence-electron chi connectivity index (χ0n) is 14.5. The van der Waals surface area contributed by atoms with Gasteiger partial charge in [0, 0.05) is 6.42 Å². The molecule has 0 atom stereocenters. The molecule has 0 aromatic carbocycles. The van der Waals surface area contributed by atoms with Gasteiger partial charge in [0.2, 0.25) is 6.43 Å². The van der Waals surface area contributed by atoms with Gasteiger partial charge in [-0.1, -0.05) is 51.9 Å². The van der Waals surface area contributed by atoms with Crippen LogP contribution in [0.3, 0.4) is 0 Å². The minimum Gasteiger partial charge on any atom is -0.211 e. The zero-order chi connectivity index (χ0) is 15.8. The van der Waals surface area contributed by atoms with Crippen molar-refractivity contribution >= 4 is 0 Å². The third-order valence-electron chi connectivity index (χ3n) is 6.43. The molecule has 2 saturated carbocycles. The van der Waals surface area contributed by atoms with E-state index in [2.05, 4.69) is 6.92 Å². The highest BCUT2D eigenvalue weighted by Gasteiger charge is 2.31. The molecule has 0 amide bonds. The van der Waals surface area contributed by atoms with Crippen LogP contribution in [0, 0.1) is 23.7 Å². The highest BCUT2D eigenvalue weighted by molar-refractivity contribution is 4.82. The summed E-state index contributed by atoms with van der Waals surface area (Å²) < 4.78 is 24.9. The van der Waals surface area contributed by atoms with Crippen molar-refractivity contribution in [2.75, 3.05) is 0 Å². The van der Waals surface area contributed by atoms with Crippen molar-refractivity contribution < 1.29 is 8.78 Å². The molecule has 0 aromatic heterocycles. The summed E-state index contributed by atoms with van der Waals surface area (Å²) in [6.07, 6.45) is 15.4. The smallest absolute Gasteiger partial charge is 0.211 e. The van der Waals surface area contributed by atoms with Crippen LogP contribution in [0.15, 0.2) is 0 Å². The first kappa shape index (κ1) is 18.2. The quantitative estimate of drug-likeness (QED) is 0.415. The number of halogens is 2. The zero-order valence-corrected chi connectivity index (χ0v) is 14.5. The molecule has 0 unspecified atom stereocenters. The Kier molecular flexibility index (Phi) is 8.17. The first-order valence-corrected chi connectivity index (χ1v) is 9.97. The minimum atomic E-state index is -2.09. The standard InChI is InChI=1S/C20H36F2/c1-2-3-4-5-6-16-7-11-18(12-8-16)19-13-9-17(10-14-19)15-20(21)22/h16-20H,2-15H2,1H3. The molecule has 0 aliphatic heterocycles. The maximum atomic E-state index is 12.5. The first-order chi connectivity index (χ1) is 10.7. The van der Waals surface area contributed by atoms with Crippen LogP contribution in [0.25, 0.3) is 0 Å². The van der Waals surface area contributed by atoms with Gasteiger partial charge in [-0.15, -0.1) is 0 Å². The SMILES string of the molecule is CCCCCCC1CCC(C2CCC(CC(F)F)CC2)CC1. The van der Waals surface area contributed by atoms with E-state index in [-0.39, 0.29) is 6.42 Å². The van der Waals surface area contributed by atoms with Crippen LogP contribution in [0.4, 0.5) is 8.78 Å². The molecule has 0 N–H and O–H groups in total. The molecule has 0 nitrogen and oxygen atoms in total. The molecule has 2 fully saturated rings. The lowest BCUT2D eigenvalue weighted by Crippen LogP contribution is -2.26. The van der Waals surface area contributed by atoms with E-state index in [1.165, 1.54) is 70.6 Å². The Morgan fingerprint density at radius 3 is 1.77 bits per heavy atom. The molecule has 0 aromatic rings. The van der Waals surface area contributed by atoms with Crippen LogP contribution in [0.1, 0.15) is 96.8 Å². The monoisotopic (exact) mass is 314 g/mol. The Morgan fingerprint density at radius 1 is 0.727 bits per heavy atom. The molecule has 0 heterocycles. The summed E-state index contributed by atoms with van der Waals surface area (Å²) in [7, 11) is 0. The van der Waals surface area contributed by atoms with Crippen molar-refractivity contribution in [2.45, 2.75) is 103 Å². The van der Waals surface area contributed by atoms with Crippen LogP contribution in [0.5, 0.6) is 0 Å². The van der Waals surface area contributed by atoms with Gasteiger partial charge in [-0.2, -0.15) is 0 Å². The van der Waals surface area contributed by atoms with Gasteiger partial charge >= 0.3 is 0 Å². The molecule has 130 valence electrons. The number of unbranched alkanes of at least 4 members (excludes halogenated alkanes) is 3. The van der Waals surface area contributed by atoms with Gasteiger partial charge in [0.15, 0.2) is 0 Å². The second-order valence-electron chi connectivity index (χ2n) is 8.04. The molecule has 2 aliphatic carbocycles. The summed E-state index contributed by atoms with van der Waals surface area (Å²) >= 11 is 0. The van der Waals surface area contributed by atoms with E-state index < -0.39 is 6.43 Å². The average Bonchev–Trinajstić information content (AvgIpc) is 2.52. The average molecular weight is 315 g/mol. The Hall–Kier alpha value is -0.140. The molecular formula is C20H36F2. The van der Waals surface area contributed by atoms with E-state index in [0.717, 1.165) is 30.6 Å². The van der Waals surface area contributed by atoms with Crippen LogP contribution in [-0.4, -0.2) is 6.43 Å². The Bertz CT molecular complexity index is 273. The Labute approximate surface area is 136 Å². The van der Waals surface area contributed by atoms with E-state index >= 15 is 0 Å². The lowest BCUT2D eigenvalue weighted by molar-refractivity contribution is 0.0832. The summed E-state index contributed by atoms with van der Waals surface area (Å²) in [5.74, 6) is 3.07. The molecule has 0 spiro atoms. The highest BCUT2D eigenvalue weighted by atomic mass is 19.3. The van der Waals surface area contributed by atoms with Gasteiger partial charge in [0.1, 0.15) is 0 Å². The van der Waals surface area contributed by atoms with Gasteiger partial charge in [-0.3, -0.25) is 0 Å². The summed E-state index contributed by atoms with van der Waals surface area (Å²) in [6, 6.07) is 0. The number of rotatable bonds is 8. The topological polar surface area (TPSA) is 0 Å². The molecule has 2 aliphatic rings. The first-order valence-electron chi connectivity index (χ1n) is 9.97. The normalized spacial score (nSPS) is 33.3. The van der Waals surface area contributed by atoms with Gasteiger partial charge in [-0.25, -0.2) is 8.78 Å². The maximum absolute atomic E-state index is 12.5. The lowest BCUT2D eigenvalue weighted by Gasteiger charge is -2.38. The third-order valence-corrected chi connectivity index (χ3v) is 6.43. The predicted molar refractivity (Wildman–Crippen MR) is 90.3 cm³/mol. The second kappa shape index (κ2) is 9.88. The van der Waals surface area contributed by atoms with E-state index in [9.17, 15) is 8.78 Å². The van der Waals surface area contributed by atoms with Crippen molar-refractivity contribution in [2.24, 2.45) is 23.7 Å². The number of alkyl halides is 2. The summed E-state index contributed by atoms with van der Waals surface area (Å²) in [4.78, 5) is 0. The van der Waals surface area contributed by atoms with Crippen molar-refractivity contribution in [1.82, 2.24) is 0 Å². The fourth-order valence-electron chi connectivity index (χ4n) is 4.96. The van der Waals surface area contributed by atoms with Crippen LogP contribution < -0.4 is 0 Å². The minimum absolute atomic E-state index is 0.150. The number of hydrogen-bond acceptors (Lipinski definition) is 0. The number of hydrogen-bond donors (Lipinski definition) is 0. The molecule has 2 heteroatoms. The predicted octanol–water partition coefficient (Wildman–Crippen LogP) is 7.22. The van der Waals surface area contributed by atoms with Gasteiger partial charge in [0.05, 0.1) is 0 Å². The van der Waals surface area contributed by atoms with E-state index in [4.69, 9.17) is 0 Å². The third kappa shape index (κ3) is 6.16. The van der Waals surface area contributed by atoms with Crippen molar-refractivity contribution in [3.63, 3.8) is 0 Å². The van der Waals surface area contributed by atoms with Crippen molar-refractivity contribution in [3.8, 4) is 0 Å². The summed E-state index contributed by atoms with van der Waals surface area (Å²) in [5.41, 5.74) is 0. The van der Waals surface area contributed by atoms with Gasteiger partial charge in [-0.05, 0) is 62.2 Å². The molecule has 0 radical (unpaired) electrons. The van der Waals surface area contributed by atoms with Crippen LogP contribution in [0.2, 0.25) is 0 Å². The molecule has 0 bridgehead atoms. The molecule has 0 saturated heterocycles. The Balaban J connectivity index is 1.59. The highest BCUT2D eigenvalue weighted by Crippen LogP contribution is 2.43. The lowest BCUT2D eigenvalue weighted by atomic mass is 9.68. The van der Waals surface area contributed by atoms with Crippen LogP contribution >= 0.6 is 0 Å². The second-order valence-corrected chi connectivity index (χ2v) is 8.04. The fourth-order valence-corrected chi connectivity index (χ4v) is 4.96. The van der Waals surface area contributed by atoms with Crippen molar-refractivity contribution in [1.29, 1.82) is 0 Å².